The van der Waals surface area contributed by atoms with Crippen molar-refractivity contribution in [1.29, 1.82) is 0 Å². The standard InChI is InChI=1S/C16H24N2O/c1-13(14-5-4-6-16(19)11-14)18-10-7-15(12-18)17-8-2-3-9-17/h4-6,11,13,15,19H,2-3,7-10,12H2,1H3. The fraction of sp³-hybridized carbons (Fsp3) is 0.625. The maximum Gasteiger partial charge on any atom is 0.115 e. The molecule has 2 fully saturated rings. The van der Waals surface area contributed by atoms with Crippen LogP contribution in [0.15, 0.2) is 24.3 Å². The SMILES string of the molecule is CC(c1cccc(O)c1)N1CCC(N2CCCC2)C1. The number of phenolic OH excluding ortho intramolecular Hbond substituents is 1. The quantitative estimate of drug-likeness (QED) is 0.905. The van der Waals surface area contributed by atoms with Gasteiger partial charge in [-0.25, -0.2) is 0 Å². The zero-order valence-electron chi connectivity index (χ0n) is 11.8. The van der Waals surface area contributed by atoms with E-state index in [1.165, 1.54) is 51.0 Å². The van der Waals surface area contributed by atoms with Crippen molar-refractivity contribution in [2.75, 3.05) is 26.2 Å². The summed E-state index contributed by atoms with van der Waals surface area (Å²) in [7, 11) is 0. The van der Waals surface area contributed by atoms with Crippen LogP contribution in [0.3, 0.4) is 0 Å². The topological polar surface area (TPSA) is 26.7 Å². The molecule has 3 rings (SSSR count). The number of aromatic hydroxyl groups is 1. The second kappa shape index (κ2) is 5.51. The first kappa shape index (κ1) is 12.9. The highest BCUT2D eigenvalue weighted by Crippen LogP contribution is 2.29. The van der Waals surface area contributed by atoms with Crippen LogP contribution in [-0.2, 0) is 0 Å². The number of nitrogens with zero attached hydrogens (tertiary/aromatic N) is 2. The molecule has 19 heavy (non-hydrogen) atoms. The smallest absolute Gasteiger partial charge is 0.115 e. The van der Waals surface area contributed by atoms with E-state index in [-0.39, 0.29) is 0 Å². The molecule has 2 heterocycles. The maximum atomic E-state index is 9.60. The molecule has 2 saturated heterocycles. The number of benzene rings is 1. The summed E-state index contributed by atoms with van der Waals surface area (Å²) in [5.41, 5.74) is 1.22. The summed E-state index contributed by atoms with van der Waals surface area (Å²) in [6.07, 6.45) is 4.04. The van der Waals surface area contributed by atoms with Crippen LogP contribution in [0.5, 0.6) is 5.75 Å². The molecule has 0 aliphatic carbocycles. The van der Waals surface area contributed by atoms with E-state index in [0.717, 1.165) is 6.04 Å². The van der Waals surface area contributed by atoms with Gasteiger partial charge in [-0.1, -0.05) is 12.1 Å². The molecular weight excluding hydrogens is 236 g/mol. The first-order valence-corrected chi connectivity index (χ1v) is 7.51. The zero-order valence-corrected chi connectivity index (χ0v) is 11.8. The highest BCUT2D eigenvalue weighted by Gasteiger charge is 2.31. The Morgan fingerprint density at radius 1 is 1.21 bits per heavy atom. The average Bonchev–Trinajstić information content (AvgIpc) is 3.08. The lowest BCUT2D eigenvalue weighted by atomic mass is 10.1. The van der Waals surface area contributed by atoms with E-state index in [1.54, 1.807) is 6.07 Å². The van der Waals surface area contributed by atoms with E-state index in [4.69, 9.17) is 0 Å². The minimum Gasteiger partial charge on any atom is -0.508 e. The summed E-state index contributed by atoms with van der Waals surface area (Å²) in [5.74, 6) is 0.375. The van der Waals surface area contributed by atoms with Gasteiger partial charge in [0.1, 0.15) is 5.75 Å². The molecule has 0 amide bonds. The third-order valence-electron chi connectivity index (χ3n) is 4.75. The van der Waals surface area contributed by atoms with Crippen LogP contribution in [0, 0.1) is 0 Å². The first-order valence-electron chi connectivity index (χ1n) is 7.51. The van der Waals surface area contributed by atoms with Crippen LogP contribution in [0.4, 0.5) is 0 Å². The third-order valence-corrected chi connectivity index (χ3v) is 4.75. The summed E-state index contributed by atoms with van der Waals surface area (Å²) >= 11 is 0. The molecule has 1 N–H and O–H groups in total. The lowest BCUT2D eigenvalue weighted by molar-refractivity contribution is 0.208. The summed E-state index contributed by atoms with van der Waals surface area (Å²) in [5, 5.41) is 9.60. The van der Waals surface area contributed by atoms with E-state index < -0.39 is 0 Å². The van der Waals surface area contributed by atoms with E-state index in [9.17, 15) is 5.11 Å². The van der Waals surface area contributed by atoms with Gasteiger partial charge in [-0.05, 0) is 57.0 Å². The van der Waals surface area contributed by atoms with Crippen molar-refractivity contribution in [3.63, 3.8) is 0 Å². The molecule has 2 aliphatic heterocycles. The summed E-state index contributed by atoms with van der Waals surface area (Å²) < 4.78 is 0. The monoisotopic (exact) mass is 260 g/mol. The van der Waals surface area contributed by atoms with E-state index in [2.05, 4.69) is 22.8 Å². The van der Waals surface area contributed by atoms with Gasteiger partial charge in [-0.15, -0.1) is 0 Å². The van der Waals surface area contributed by atoms with Crippen molar-refractivity contribution < 1.29 is 5.11 Å². The van der Waals surface area contributed by atoms with Gasteiger partial charge in [0.15, 0.2) is 0 Å². The van der Waals surface area contributed by atoms with Crippen LogP contribution in [0.25, 0.3) is 0 Å². The molecule has 3 nitrogen and oxygen atoms in total. The highest BCUT2D eigenvalue weighted by atomic mass is 16.3. The highest BCUT2D eigenvalue weighted by molar-refractivity contribution is 5.29. The molecule has 0 saturated carbocycles. The molecule has 2 atom stereocenters. The lowest BCUT2D eigenvalue weighted by Gasteiger charge is -2.27. The van der Waals surface area contributed by atoms with Crippen molar-refractivity contribution in [2.24, 2.45) is 0 Å². The average molecular weight is 260 g/mol. The summed E-state index contributed by atoms with van der Waals surface area (Å²) in [4.78, 5) is 5.22. The number of hydrogen-bond donors (Lipinski definition) is 1. The van der Waals surface area contributed by atoms with Crippen molar-refractivity contribution in [1.82, 2.24) is 9.80 Å². The van der Waals surface area contributed by atoms with Crippen LogP contribution < -0.4 is 0 Å². The Hall–Kier alpha value is -1.06. The Kier molecular flexibility index (Phi) is 3.76. The van der Waals surface area contributed by atoms with Crippen molar-refractivity contribution >= 4 is 0 Å². The Morgan fingerprint density at radius 2 is 2.00 bits per heavy atom. The van der Waals surface area contributed by atoms with Crippen LogP contribution in [0.2, 0.25) is 0 Å². The van der Waals surface area contributed by atoms with Gasteiger partial charge in [0.05, 0.1) is 0 Å². The molecule has 0 radical (unpaired) electrons. The summed E-state index contributed by atoms with van der Waals surface area (Å²) in [6.45, 7) is 7.19. The molecular formula is C16H24N2O. The molecule has 104 valence electrons. The molecule has 1 aromatic carbocycles. The lowest BCUT2D eigenvalue weighted by Crippen LogP contribution is -2.35. The van der Waals surface area contributed by atoms with Crippen molar-refractivity contribution in [3.8, 4) is 5.75 Å². The van der Waals surface area contributed by atoms with Gasteiger partial charge in [0, 0.05) is 25.2 Å². The van der Waals surface area contributed by atoms with Gasteiger partial charge >= 0.3 is 0 Å². The number of phenols is 1. The van der Waals surface area contributed by atoms with Gasteiger partial charge in [-0.2, -0.15) is 0 Å². The van der Waals surface area contributed by atoms with Crippen LogP contribution >= 0.6 is 0 Å². The fourth-order valence-corrected chi connectivity index (χ4v) is 3.52. The first-order chi connectivity index (χ1) is 9.24. The minimum absolute atomic E-state index is 0.375. The van der Waals surface area contributed by atoms with E-state index in [1.807, 2.05) is 12.1 Å². The fourth-order valence-electron chi connectivity index (χ4n) is 3.52. The van der Waals surface area contributed by atoms with Crippen molar-refractivity contribution in [2.45, 2.75) is 38.3 Å². The van der Waals surface area contributed by atoms with Crippen molar-refractivity contribution in [3.05, 3.63) is 29.8 Å². The molecule has 1 aromatic rings. The largest absolute Gasteiger partial charge is 0.508 e. The number of hydrogen-bond acceptors (Lipinski definition) is 3. The molecule has 2 aliphatic rings. The molecule has 0 bridgehead atoms. The van der Waals surface area contributed by atoms with Gasteiger partial charge in [0.2, 0.25) is 0 Å². The third kappa shape index (κ3) is 2.77. The van der Waals surface area contributed by atoms with E-state index in [0.29, 0.717) is 11.8 Å². The second-order valence-corrected chi connectivity index (χ2v) is 5.95. The van der Waals surface area contributed by atoms with Crippen LogP contribution in [-0.4, -0.2) is 47.1 Å². The Morgan fingerprint density at radius 3 is 2.74 bits per heavy atom. The zero-order chi connectivity index (χ0) is 13.2. The predicted molar refractivity (Wildman–Crippen MR) is 77.3 cm³/mol. The normalized spacial score (nSPS) is 26.9. The molecule has 2 unspecified atom stereocenters. The Bertz CT molecular complexity index is 429. The van der Waals surface area contributed by atoms with Gasteiger partial charge in [-0.3, -0.25) is 9.80 Å². The van der Waals surface area contributed by atoms with E-state index >= 15 is 0 Å². The minimum atomic E-state index is 0.375. The molecule has 3 heteroatoms. The number of likely N-dealkylation sites (tertiary alicyclic amines) is 2. The second-order valence-electron chi connectivity index (χ2n) is 5.95. The maximum absolute atomic E-state index is 9.60. The molecule has 0 spiro atoms. The van der Waals surface area contributed by atoms with Crippen LogP contribution in [0.1, 0.15) is 37.8 Å². The number of rotatable bonds is 3. The molecule has 0 aromatic heterocycles. The Balaban J connectivity index is 1.63. The van der Waals surface area contributed by atoms with Gasteiger partial charge in [0.25, 0.3) is 0 Å². The van der Waals surface area contributed by atoms with Gasteiger partial charge < -0.3 is 5.11 Å². The predicted octanol–water partition coefficient (Wildman–Crippen LogP) is 2.62. The Labute approximate surface area is 115 Å². The summed E-state index contributed by atoms with van der Waals surface area (Å²) in [6, 6.07) is 8.85.